The molecule has 0 saturated heterocycles. The van der Waals surface area contributed by atoms with Gasteiger partial charge in [0.25, 0.3) is 5.91 Å². The first-order chi connectivity index (χ1) is 19.1. The Morgan fingerprint density at radius 3 is 2.30 bits per heavy atom. The molecule has 0 spiro atoms. The van der Waals surface area contributed by atoms with Crippen LogP contribution in [0.2, 0.25) is 0 Å². The Labute approximate surface area is 235 Å². The van der Waals surface area contributed by atoms with Crippen LogP contribution in [0.1, 0.15) is 53.4 Å². The summed E-state index contributed by atoms with van der Waals surface area (Å²) in [4.78, 5) is 33.2. The van der Waals surface area contributed by atoms with Crippen molar-refractivity contribution in [3.05, 3.63) is 119 Å². The van der Waals surface area contributed by atoms with Crippen LogP contribution in [0.15, 0.2) is 91.3 Å². The van der Waals surface area contributed by atoms with Gasteiger partial charge in [0.2, 0.25) is 0 Å². The molecule has 1 amide bonds. The molecule has 5 rings (SSSR count). The van der Waals surface area contributed by atoms with Crippen LogP contribution in [0.25, 0.3) is 11.1 Å². The standard InChI is InChI=1S/C34H34N2O4/c1-33(2,3)29-13-12-26(19-30(29)40-4)31(37)36-22-27-11-10-25(24-14-16-35-17-15-24)18-28(27)21-34(36,32(38)39)20-23-8-6-5-7-9-23/h5-19H,20-22H2,1-4H3,(H,38,39). The van der Waals surface area contributed by atoms with Gasteiger partial charge in [-0.1, -0.05) is 75.4 Å². The fourth-order valence-electron chi connectivity index (χ4n) is 5.62. The number of methoxy groups -OCH3 is 1. The highest BCUT2D eigenvalue weighted by atomic mass is 16.5. The molecule has 6 heteroatoms. The maximum Gasteiger partial charge on any atom is 0.330 e. The Morgan fingerprint density at radius 1 is 0.925 bits per heavy atom. The monoisotopic (exact) mass is 534 g/mol. The summed E-state index contributed by atoms with van der Waals surface area (Å²) in [5.41, 5.74) is 4.45. The first-order valence-electron chi connectivity index (χ1n) is 13.4. The topological polar surface area (TPSA) is 79.7 Å². The summed E-state index contributed by atoms with van der Waals surface area (Å²) in [6.45, 7) is 6.45. The minimum Gasteiger partial charge on any atom is -0.496 e. The molecule has 1 aromatic heterocycles. The molecule has 2 heterocycles. The van der Waals surface area contributed by atoms with Gasteiger partial charge in [-0.15, -0.1) is 0 Å². The second kappa shape index (κ2) is 10.6. The molecule has 0 bridgehead atoms. The molecule has 4 aromatic rings. The largest absolute Gasteiger partial charge is 0.496 e. The number of carboxylic acid groups (broad SMARTS) is 1. The molecule has 1 unspecified atom stereocenters. The van der Waals surface area contributed by atoms with Crippen LogP contribution in [0.3, 0.4) is 0 Å². The molecular formula is C34H34N2O4. The Bertz CT molecular complexity index is 1540. The molecule has 40 heavy (non-hydrogen) atoms. The van der Waals surface area contributed by atoms with Crippen molar-refractivity contribution in [3.63, 3.8) is 0 Å². The van der Waals surface area contributed by atoms with Crippen molar-refractivity contribution in [2.75, 3.05) is 7.11 Å². The van der Waals surface area contributed by atoms with Crippen molar-refractivity contribution in [2.45, 2.75) is 51.1 Å². The zero-order chi connectivity index (χ0) is 28.5. The minimum absolute atomic E-state index is 0.179. The third-order valence-electron chi connectivity index (χ3n) is 7.79. The van der Waals surface area contributed by atoms with E-state index in [9.17, 15) is 14.7 Å². The third-order valence-corrected chi connectivity index (χ3v) is 7.79. The van der Waals surface area contributed by atoms with E-state index in [0.717, 1.165) is 33.4 Å². The van der Waals surface area contributed by atoms with Crippen molar-refractivity contribution in [3.8, 4) is 16.9 Å². The zero-order valence-electron chi connectivity index (χ0n) is 23.3. The van der Waals surface area contributed by atoms with Gasteiger partial charge in [0.15, 0.2) is 0 Å². The number of rotatable bonds is 6. The molecule has 6 nitrogen and oxygen atoms in total. The second-order valence-electron chi connectivity index (χ2n) is 11.5. The normalized spacial score (nSPS) is 16.8. The SMILES string of the molecule is COc1cc(C(=O)N2Cc3ccc(-c4ccncc4)cc3CC2(Cc2ccccc2)C(=O)O)ccc1C(C)(C)C. The van der Waals surface area contributed by atoms with Crippen LogP contribution < -0.4 is 4.74 Å². The number of carbonyl (C=O) groups excluding carboxylic acids is 1. The Balaban J connectivity index is 1.62. The highest BCUT2D eigenvalue weighted by molar-refractivity contribution is 5.99. The molecule has 0 radical (unpaired) electrons. The van der Waals surface area contributed by atoms with Crippen LogP contribution in [0.4, 0.5) is 0 Å². The first-order valence-corrected chi connectivity index (χ1v) is 13.4. The van der Waals surface area contributed by atoms with E-state index in [2.05, 4.69) is 31.8 Å². The van der Waals surface area contributed by atoms with E-state index in [-0.39, 0.29) is 30.7 Å². The summed E-state index contributed by atoms with van der Waals surface area (Å²) in [5, 5.41) is 10.9. The van der Waals surface area contributed by atoms with E-state index in [1.165, 1.54) is 0 Å². The lowest BCUT2D eigenvalue weighted by Gasteiger charge is -2.45. The van der Waals surface area contributed by atoms with Crippen LogP contribution >= 0.6 is 0 Å². The molecule has 0 saturated carbocycles. The summed E-state index contributed by atoms with van der Waals surface area (Å²) in [7, 11) is 1.59. The van der Waals surface area contributed by atoms with E-state index >= 15 is 0 Å². The summed E-state index contributed by atoms with van der Waals surface area (Å²) in [6, 6.07) is 24.9. The first kappa shape index (κ1) is 27.1. The van der Waals surface area contributed by atoms with Crippen molar-refractivity contribution in [1.82, 2.24) is 9.88 Å². The summed E-state index contributed by atoms with van der Waals surface area (Å²) in [6.07, 6.45) is 3.86. The number of benzene rings is 3. The number of pyridine rings is 1. The van der Waals surface area contributed by atoms with Crippen molar-refractivity contribution >= 4 is 11.9 Å². The van der Waals surface area contributed by atoms with E-state index in [0.29, 0.717) is 11.3 Å². The Kier molecular flexibility index (Phi) is 7.19. The van der Waals surface area contributed by atoms with Crippen LogP contribution in [-0.4, -0.2) is 39.5 Å². The van der Waals surface area contributed by atoms with E-state index in [1.807, 2.05) is 60.7 Å². The average Bonchev–Trinajstić information content (AvgIpc) is 2.96. The van der Waals surface area contributed by atoms with Crippen LogP contribution in [-0.2, 0) is 29.6 Å². The highest BCUT2D eigenvalue weighted by Gasteiger charge is 2.50. The van der Waals surface area contributed by atoms with Gasteiger partial charge in [0.1, 0.15) is 11.3 Å². The molecule has 204 valence electrons. The van der Waals surface area contributed by atoms with Gasteiger partial charge in [0.05, 0.1) is 7.11 Å². The fourth-order valence-corrected chi connectivity index (χ4v) is 5.62. The number of carbonyl (C=O) groups is 2. The van der Waals surface area contributed by atoms with Gasteiger partial charge >= 0.3 is 5.97 Å². The predicted octanol–water partition coefficient (Wildman–Crippen LogP) is 6.32. The second-order valence-corrected chi connectivity index (χ2v) is 11.5. The minimum atomic E-state index is -1.47. The number of hydrogen-bond donors (Lipinski definition) is 1. The highest BCUT2D eigenvalue weighted by Crippen LogP contribution is 2.39. The van der Waals surface area contributed by atoms with E-state index in [1.54, 1.807) is 36.5 Å². The number of fused-ring (bicyclic) bond motifs is 1. The molecule has 3 aromatic carbocycles. The Morgan fingerprint density at radius 2 is 1.65 bits per heavy atom. The number of aromatic nitrogens is 1. The summed E-state index contributed by atoms with van der Waals surface area (Å²) >= 11 is 0. The van der Waals surface area contributed by atoms with Crippen LogP contribution in [0.5, 0.6) is 5.75 Å². The number of amides is 1. The fraction of sp³-hybridized carbons (Fsp3) is 0.265. The lowest BCUT2D eigenvalue weighted by Crippen LogP contribution is -2.61. The van der Waals surface area contributed by atoms with Crippen molar-refractivity contribution in [2.24, 2.45) is 0 Å². The average molecular weight is 535 g/mol. The molecule has 0 aliphatic carbocycles. The zero-order valence-corrected chi connectivity index (χ0v) is 23.3. The molecule has 1 aliphatic rings. The van der Waals surface area contributed by atoms with Gasteiger partial charge in [-0.05, 0) is 63.1 Å². The number of carboxylic acids is 1. The van der Waals surface area contributed by atoms with Crippen molar-refractivity contribution in [1.29, 1.82) is 0 Å². The maximum atomic E-state index is 14.2. The van der Waals surface area contributed by atoms with E-state index < -0.39 is 11.5 Å². The van der Waals surface area contributed by atoms with Gasteiger partial charge in [-0.25, -0.2) is 4.79 Å². The lowest BCUT2D eigenvalue weighted by atomic mass is 9.77. The van der Waals surface area contributed by atoms with Gasteiger partial charge in [0, 0.05) is 37.3 Å². The lowest BCUT2D eigenvalue weighted by molar-refractivity contribution is -0.151. The quantitative estimate of drug-likeness (QED) is 0.313. The van der Waals surface area contributed by atoms with Crippen molar-refractivity contribution < 1.29 is 19.4 Å². The number of ether oxygens (including phenoxy) is 1. The summed E-state index contributed by atoms with van der Waals surface area (Å²) in [5.74, 6) is -0.745. The molecule has 0 fully saturated rings. The molecular weight excluding hydrogens is 500 g/mol. The maximum absolute atomic E-state index is 14.2. The number of nitrogens with zero attached hydrogens (tertiary/aromatic N) is 2. The third kappa shape index (κ3) is 5.09. The smallest absolute Gasteiger partial charge is 0.330 e. The number of aliphatic carboxylic acids is 1. The van der Waals surface area contributed by atoms with Gasteiger partial charge in [-0.3, -0.25) is 9.78 Å². The predicted molar refractivity (Wildman–Crippen MR) is 155 cm³/mol. The molecule has 1 aliphatic heterocycles. The molecule has 1 N–H and O–H groups in total. The summed E-state index contributed by atoms with van der Waals surface area (Å²) < 4.78 is 5.67. The van der Waals surface area contributed by atoms with Gasteiger partial charge in [-0.2, -0.15) is 0 Å². The number of hydrogen-bond acceptors (Lipinski definition) is 4. The van der Waals surface area contributed by atoms with Crippen LogP contribution in [0, 0.1) is 0 Å². The molecule has 1 atom stereocenters. The Hall–Kier alpha value is -4.45. The van der Waals surface area contributed by atoms with E-state index in [4.69, 9.17) is 4.74 Å². The van der Waals surface area contributed by atoms with Gasteiger partial charge < -0.3 is 14.7 Å².